The number of carbonyl (C=O) groups is 1. The summed E-state index contributed by atoms with van der Waals surface area (Å²) in [5.74, 6) is -0.476. The van der Waals surface area contributed by atoms with E-state index < -0.39 is 15.7 Å². The van der Waals surface area contributed by atoms with Crippen molar-refractivity contribution in [1.29, 1.82) is 0 Å². The monoisotopic (exact) mass is 484 g/mol. The van der Waals surface area contributed by atoms with Gasteiger partial charge in [-0.3, -0.25) is 9.78 Å². The summed E-state index contributed by atoms with van der Waals surface area (Å²) in [6.45, 7) is 3.75. The van der Waals surface area contributed by atoms with E-state index in [1.807, 2.05) is 13.8 Å². The molecule has 10 heteroatoms. The standard InChI is InChI=1S/C24H25FN4O4S/c1-15(2)33-24-13-26-12-22(29-24)17-4-3-16(21(25)10-17)9-19(30)11-18-7-8-27-23(28-18)14-34(31,32)20-5-6-20/h3-4,7-8,10,12-13,15,20H,5-6,9,11,14H2,1-2H3. The molecule has 2 heterocycles. The van der Waals surface area contributed by atoms with Crippen LogP contribution < -0.4 is 4.74 Å². The first kappa shape index (κ1) is 23.9. The van der Waals surface area contributed by atoms with Gasteiger partial charge in [-0.1, -0.05) is 12.1 Å². The number of Topliss-reactive ketones (excluding diaryl/α,β-unsaturated/α-hetero) is 1. The van der Waals surface area contributed by atoms with Gasteiger partial charge in [-0.25, -0.2) is 27.8 Å². The van der Waals surface area contributed by atoms with E-state index in [1.165, 1.54) is 24.7 Å². The van der Waals surface area contributed by atoms with E-state index in [2.05, 4.69) is 19.9 Å². The first-order valence-electron chi connectivity index (χ1n) is 11.0. The van der Waals surface area contributed by atoms with Crippen LogP contribution in [0, 0.1) is 5.82 Å². The fourth-order valence-electron chi connectivity index (χ4n) is 3.45. The van der Waals surface area contributed by atoms with E-state index >= 15 is 0 Å². The number of nitrogens with zero attached hydrogens (tertiary/aromatic N) is 4. The third-order valence-electron chi connectivity index (χ3n) is 5.21. The van der Waals surface area contributed by atoms with Crippen LogP contribution in [0.5, 0.6) is 5.88 Å². The van der Waals surface area contributed by atoms with Crippen LogP contribution in [0.4, 0.5) is 4.39 Å². The van der Waals surface area contributed by atoms with Gasteiger partial charge in [0.15, 0.2) is 9.84 Å². The highest BCUT2D eigenvalue weighted by Crippen LogP contribution is 2.30. The molecule has 34 heavy (non-hydrogen) atoms. The van der Waals surface area contributed by atoms with Gasteiger partial charge in [0.25, 0.3) is 0 Å². The lowest BCUT2D eigenvalue weighted by Crippen LogP contribution is -2.14. The van der Waals surface area contributed by atoms with E-state index in [-0.39, 0.29) is 47.1 Å². The van der Waals surface area contributed by atoms with E-state index in [4.69, 9.17) is 4.74 Å². The zero-order chi connectivity index (χ0) is 24.3. The summed E-state index contributed by atoms with van der Waals surface area (Å²) < 4.78 is 44.6. The van der Waals surface area contributed by atoms with E-state index in [0.29, 0.717) is 35.7 Å². The Morgan fingerprint density at radius 2 is 1.94 bits per heavy atom. The fourth-order valence-corrected chi connectivity index (χ4v) is 5.04. The highest BCUT2D eigenvalue weighted by molar-refractivity contribution is 7.91. The number of sulfone groups is 1. The number of hydrogen-bond donors (Lipinski definition) is 0. The molecule has 0 unspecified atom stereocenters. The Morgan fingerprint density at radius 3 is 2.65 bits per heavy atom. The van der Waals surface area contributed by atoms with Crippen LogP contribution in [0.25, 0.3) is 11.3 Å². The van der Waals surface area contributed by atoms with Crippen LogP contribution in [0.2, 0.25) is 0 Å². The van der Waals surface area contributed by atoms with Crippen molar-refractivity contribution in [3.63, 3.8) is 0 Å². The van der Waals surface area contributed by atoms with Gasteiger partial charge in [0.2, 0.25) is 5.88 Å². The van der Waals surface area contributed by atoms with Crippen LogP contribution in [-0.2, 0) is 33.2 Å². The van der Waals surface area contributed by atoms with Gasteiger partial charge < -0.3 is 4.74 Å². The van der Waals surface area contributed by atoms with Crippen molar-refractivity contribution in [3.8, 4) is 17.1 Å². The van der Waals surface area contributed by atoms with Crippen molar-refractivity contribution in [3.05, 3.63) is 65.8 Å². The summed E-state index contributed by atoms with van der Waals surface area (Å²) in [6.07, 6.45) is 5.58. The Labute approximate surface area is 197 Å². The zero-order valence-corrected chi connectivity index (χ0v) is 19.8. The molecule has 0 atom stereocenters. The Bertz CT molecular complexity index is 1310. The Morgan fingerprint density at radius 1 is 1.15 bits per heavy atom. The van der Waals surface area contributed by atoms with Gasteiger partial charge in [-0.15, -0.1) is 0 Å². The lowest BCUT2D eigenvalue weighted by atomic mass is 10.0. The molecular weight excluding hydrogens is 459 g/mol. The van der Waals surface area contributed by atoms with Crippen molar-refractivity contribution in [2.75, 3.05) is 0 Å². The van der Waals surface area contributed by atoms with Crippen LogP contribution in [0.15, 0.2) is 42.9 Å². The minimum absolute atomic E-state index is 0.0414. The minimum Gasteiger partial charge on any atom is -0.474 e. The number of ketones is 1. The summed E-state index contributed by atoms with van der Waals surface area (Å²) in [5.41, 5.74) is 1.65. The van der Waals surface area contributed by atoms with Crippen LogP contribution in [-0.4, -0.2) is 45.5 Å². The molecular formula is C24H25FN4O4S. The number of benzene rings is 1. The number of ether oxygens (including phenoxy) is 1. The van der Waals surface area contributed by atoms with Crippen molar-refractivity contribution in [2.24, 2.45) is 0 Å². The summed E-state index contributed by atoms with van der Waals surface area (Å²) in [5, 5.41) is -0.302. The fraction of sp³-hybridized carbons (Fsp3) is 0.375. The number of aromatic nitrogens is 4. The molecule has 0 saturated heterocycles. The highest BCUT2D eigenvalue weighted by Gasteiger charge is 2.36. The third-order valence-corrected chi connectivity index (χ3v) is 7.36. The van der Waals surface area contributed by atoms with Crippen LogP contribution in [0.3, 0.4) is 0 Å². The smallest absolute Gasteiger partial charge is 0.233 e. The zero-order valence-electron chi connectivity index (χ0n) is 18.9. The number of carbonyl (C=O) groups excluding carboxylic acids is 1. The topological polar surface area (TPSA) is 112 Å². The number of halogens is 1. The molecule has 0 radical (unpaired) electrons. The van der Waals surface area contributed by atoms with Gasteiger partial charge >= 0.3 is 0 Å². The van der Waals surface area contributed by atoms with Gasteiger partial charge in [0.05, 0.1) is 35.1 Å². The third kappa shape index (κ3) is 6.19. The van der Waals surface area contributed by atoms with Crippen molar-refractivity contribution in [1.82, 2.24) is 19.9 Å². The second-order valence-electron chi connectivity index (χ2n) is 8.58. The lowest BCUT2D eigenvalue weighted by Gasteiger charge is -2.10. The SMILES string of the molecule is CC(C)Oc1cncc(-c2ccc(CC(=O)Cc3ccnc(CS(=O)(=O)C4CC4)n3)c(F)c2)n1. The van der Waals surface area contributed by atoms with Crippen LogP contribution >= 0.6 is 0 Å². The molecule has 1 saturated carbocycles. The molecule has 1 fully saturated rings. The first-order chi connectivity index (χ1) is 16.2. The maximum atomic E-state index is 14.8. The van der Waals surface area contributed by atoms with E-state index in [9.17, 15) is 17.6 Å². The molecule has 3 aromatic rings. The highest BCUT2D eigenvalue weighted by atomic mass is 32.2. The normalized spacial score (nSPS) is 13.8. The van der Waals surface area contributed by atoms with Gasteiger partial charge in [0, 0.05) is 24.6 Å². The molecule has 0 spiro atoms. The quantitative estimate of drug-likeness (QED) is 0.431. The second-order valence-corrected chi connectivity index (χ2v) is 10.9. The van der Waals surface area contributed by atoms with Crippen molar-refractivity contribution >= 4 is 15.6 Å². The summed E-state index contributed by atoms with van der Waals surface area (Å²) in [7, 11) is -3.25. The lowest BCUT2D eigenvalue weighted by molar-refractivity contribution is -0.117. The second kappa shape index (κ2) is 9.92. The number of hydrogen-bond acceptors (Lipinski definition) is 8. The average molecular weight is 485 g/mol. The van der Waals surface area contributed by atoms with Crippen LogP contribution in [0.1, 0.15) is 43.8 Å². The summed E-state index contributed by atoms with van der Waals surface area (Å²) in [4.78, 5) is 29.2. The Kier molecular flexibility index (Phi) is 6.97. The molecule has 0 amide bonds. The molecule has 8 nitrogen and oxygen atoms in total. The molecule has 1 aliphatic rings. The molecule has 0 aliphatic heterocycles. The Balaban J connectivity index is 1.41. The summed E-state index contributed by atoms with van der Waals surface area (Å²) >= 11 is 0. The van der Waals surface area contributed by atoms with Gasteiger partial charge in [0.1, 0.15) is 23.2 Å². The molecule has 178 valence electrons. The number of rotatable bonds is 10. The molecule has 2 aromatic heterocycles. The van der Waals surface area contributed by atoms with Gasteiger partial charge in [-0.2, -0.15) is 0 Å². The van der Waals surface area contributed by atoms with E-state index in [0.717, 1.165) is 0 Å². The minimum atomic E-state index is -3.25. The largest absolute Gasteiger partial charge is 0.474 e. The first-order valence-corrected chi connectivity index (χ1v) is 12.7. The predicted octanol–water partition coefficient (Wildman–Crippen LogP) is 3.29. The molecule has 1 aliphatic carbocycles. The molecule has 0 N–H and O–H groups in total. The molecule has 0 bridgehead atoms. The predicted molar refractivity (Wildman–Crippen MR) is 123 cm³/mol. The van der Waals surface area contributed by atoms with Crippen molar-refractivity contribution in [2.45, 2.75) is 56.6 Å². The van der Waals surface area contributed by atoms with Gasteiger partial charge in [-0.05, 0) is 44.4 Å². The average Bonchev–Trinajstić information content (AvgIpc) is 3.61. The Hall–Kier alpha value is -3.27. The molecule has 4 rings (SSSR count). The molecule has 1 aromatic carbocycles. The van der Waals surface area contributed by atoms with E-state index in [1.54, 1.807) is 18.2 Å². The maximum Gasteiger partial charge on any atom is 0.233 e. The maximum absolute atomic E-state index is 14.8. The van der Waals surface area contributed by atoms with Crippen molar-refractivity contribution < 1.29 is 22.3 Å². The summed E-state index contributed by atoms with van der Waals surface area (Å²) in [6, 6.07) is 6.11.